The summed E-state index contributed by atoms with van der Waals surface area (Å²) in [6.07, 6.45) is 4.87. The van der Waals surface area contributed by atoms with E-state index < -0.39 is 6.10 Å². The second-order valence-corrected chi connectivity index (χ2v) is 7.89. The van der Waals surface area contributed by atoms with Crippen LogP contribution in [-0.2, 0) is 4.79 Å². The van der Waals surface area contributed by atoms with Crippen molar-refractivity contribution in [3.05, 3.63) is 11.6 Å². The Morgan fingerprint density at radius 3 is 2.60 bits per heavy atom. The van der Waals surface area contributed by atoms with Crippen LogP contribution in [0.2, 0.25) is 0 Å². The minimum atomic E-state index is -0.508. The van der Waals surface area contributed by atoms with Gasteiger partial charge >= 0.3 is 0 Å². The molecular formula is C17H26O3. The minimum Gasteiger partial charge on any atom is -0.393 e. The first kappa shape index (κ1) is 14.3. The van der Waals surface area contributed by atoms with Crippen molar-refractivity contribution in [2.45, 2.75) is 65.1 Å². The number of aliphatic hydroxyl groups is 2. The molecule has 0 bridgehead atoms. The zero-order valence-electron chi connectivity index (χ0n) is 12.7. The third-order valence-corrected chi connectivity index (χ3v) is 6.56. The summed E-state index contributed by atoms with van der Waals surface area (Å²) in [6, 6.07) is 0. The summed E-state index contributed by atoms with van der Waals surface area (Å²) in [5.41, 5.74) is 0.905. The van der Waals surface area contributed by atoms with Crippen LogP contribution < -0.4 is 0 Å². The van der Waals surface area contributed by atoms with Gasteiger partial charge < -0.3 is 10.2 Å². The fourth-order valence-corrected chi connectivity index (χ4v) is 5.28. The van der Waals surface area contributed by atoms with Crippen LogP contribution in [0, 0.1) is 22.7 Å². The number of hydrogen-bond acceptors (Lipinski definition) is 3. The van der Waals surface area contributed by atoms with E-state index >= 15 is 0 Å². The Labute approximate surface area is 121 Å². The molecule has 0 aromatic carbocycles. The number of carbonyl (C=O) groups excluding carboxylic acids is 1. The first-order valence-electron chi connectivity index (χ1n) is 7.87. The third kappa shape index (κ3) is 1.82. The van der Waals surface area contributed by atoms with Gasteiger partial charge in [0.25, 0.3) is 0 Å². The highest BCUT2D eigenvalue weighted by Gasteiger charge is 2.58. The highest BCUT2D eigenvalue weighted by Crippen LogP contribution is 2.62. The standard InChI is InChI=1S/C17H26O3/c1-16(2)14-9-13(19)11-8-10(18)4-5-12(11)17(14,3)7-6-15(16)20/h8,12-15,19-20H,4-7,9H2,1-3H3/t12-,13-,14-,15-,17+/m1/s1. The smallest absolute Gasteiger partial charge is 0.155 e. The molecule has 3 nitrogen and oxygen atoms in total. The molecule has 3 rings (SSSR count). The van der Waals surface area contributed by atoms with Crippen molar-refractivity contribution in [3.63, 3.8) is 0 Å². The highest BCUT2D eigenvalue weighted by molar-refractivity contribution is 5.91. The summed E-state index contributed by atoms with van der Waals surface area (Å²) in [7, 11) is 0. The van der Waals surface area contributed by atoms with Gasteiger partial charge in [0.15, 0.2) is 5.78 Å². The Bertz CT molecular complexity index is 465. The highest BCUT2D eigenvalue weighted by atomic mass is 16.3. The SMILES string of the molecule is CC1(C)[C@H](O)CC[C@@]2(C)[C@@H]3CCC(=O)C=C3[C@H](O)C[C@H]12. The molecule has 2 saturated carbocycles. The zero-order chi connectivity index (χ0) is 14.7. The number of ketones is 1. The molecule has 3 heteroatoms. The third-order valence-electron chi connectivity index (χ3n) is 6.56. The van der Waals surface area contributed by atoms with Crippen LogP contribution in [0.3, 0.4) is 0 Å². The van der Waals surface area contributed by atoms with Crippen LogP contribution in [0.15, 0.2) is 11.6 Å². The van der Waals surface area contributed by atoms with E-state index in [4.69, 9.17) is 0 Å². The zero-order valence-corrected chi connectivity index (χ0v) is 12.7. The van der Waals surface area contributed by atoms with Crippen molar-refractivity contribution in [1.29, 1.82) is 0 Å². The molecule has 112 valence electrons. The topological polar surface area (TPSA) is 57.5 Å². The molecule has 0 aromatic rings. The molecule has 3 aliphatic rings. The second kappa shape index (κ2) is 4.41. The Morgan fingerprint density at radius 2 is 1.90 bits per heavy atom. The van der Waals surface area contributed by atoms with Crippen molar-refractivity contribution in [2.24, 2.45) is 22.7 Å². The summed E-state index contributed by atoms with van der Waals surface area (Å²) < 4.78 is 0. The van der Waals surface area contributed by atoms with Gasteiger partial charge in [0.1, 0.15) is 0 Å². The van der Waals surface area contributed by atoms with Crippen LogP contribution in [0.4, 0.5) is 0 Å². The van der Waals surface area contributed by atoms with E-state index in [1.165, 1.54) is 0 Å². The molecule has 2 fully saturated rings. The maximum Gasteiger partial charge on any atom is 0.155 e. The number of rotatable bonds is 0. The van der Waals surface area contributed by atoms with Gasteiger partial charge in [0.2, 0.25) is 0 Å². The van der Waals surface area contributed by atoms with Gasteiger partial charge in [-0.1, -0.05) is 20.8 Å². The second-order valence-electron chi connectivity index (χ2n) is 7.89. The van der Waals surface area contributed by atoms with Crippen LogP contribution in [0.5, 0.6) is 0 Å². The molecule has 0 spiro atoms. The van der Waals surface area contributed by atoms with Crippen molar-refractivity contribution in [1.82, 2.24) is 0 Å². The first-order chi connectivity index (χ1) is 9.26. The number of hydrogen-bond donors (Lipinski definition) is 2. The molecule has 3 aliphatic carbocycles. The monoisotopic (exact) mass is 278 g/mol. The van der Waals surface area contributed by atoms with E-state index in [0.717, 1.165) is 24.8 Å². The Balaban J connectivity index is 2.04. The molecule has 0 radical (unpaired) electrons. The number of fused-ring (bicyclic) bond motifs is 3. The van der Waals surface area contributed by atoms with Crippen molar-refractivity contribution < 1.29 is 15.0 Å². The van der Waals surface area contributed by atoms with Crippen LogP contribution in [0.1, 0.15) is 52.9 Å². The van der Waals surface area contributed by atoms with E-state index in [1.54, 1.807) is 6.08 Å². The molecule has 0 aliphatic heterocycles. The van der Waals surface area contributed by atoms with E-state index in [-0.39, 0.29) is 22.7 Å². The van der Waals surface area contributed by atoms with Gasteiger partial charge in [0, 0.05) is 6.42 Å². The van der Waals surface area contributed by atoms with E-state index in [9.17, 15) is 15.0 Å². The Hall–Kier alpha value is -0.670. The Morgan fingerprint density at radius 1 is 1.20 bits per heavy atom. The van der Waals surface area contributed by atoms with Gasteiger partial charge in [-0.3, -0.25) is 4.79 Å². The maximum atomic E-state index is 11.7. The number of allylic oxidation sites excluding steroid dienone is 1. The van der Waals surface area contributed by atoms with Gasteiger partial charge in [-0.25, -0.2) is 0 Å². The predicted molar refractivity (Wildman–Crippen MR) is 77.1 cm³/mol. The normalized spacial score (nSPS) is 47.2. The fraction of sp³-hybridized carbons (Fsp3) is 0.824. The lowest BCUT2D eigenvalue weighted by molar-refractivity contribution is -0.144. The average Bonchev–Trinajstić information content (AvgIpc) is 2.38. The largest absolute Gasteiger partial charge is 0.393 e. The summed E-state index contributed by atoms with van der Waals surface area (Å²) in [4.78, 5) is 11.7. The van der Waals surface area contributed by atoms with Crippen molar-refractivity contribution in [3.8, 4) is 0 Å². The molecule has 0 aromatic heterocycles. The van der Waals surface area contributed by atoms with Gasteiger partial charge in [-0.2, -0.15) is 0 Å². The van der Waals surface area contributed by atoms with Gasteiger partial charge in [-0.05, 0) is 60.0 Å². The fourth-order valence-electron chi connectivity index (χ4n) is 5.28. The molecule has 2 N–H and O–H groups in total. The molecule has 0 unspecified atom stereocenters. The van der Waals surface area contributed by atoms with E-state index in [1.807, 2.05) is 0 Å². The van der Waals surface area contributed by atoms with Crippen LogP contribution >= 0.6 is 0 Å². The predicted octanol–water partition coefficient (Wildman–Crippen LogP) is 2.46. The van der Waals surface area contributed by atoms with Gasteiger partial charge in [0.05, 0.1) is 12.2 Å². The molecule has 0 heterocycles. The summed E-state index contributed by atoms with van der Waals surface area (Å²) in [6.45, 7) is 6.58. The average molecular weight is 278 g/mol. The molecular weight excluding hydrogens is 252 g/mol. The summed E-state index contributed by atoms with van der Waals surface area (Å²) in [5, 5.41) is 20.9. The number of aliphatic hydroxyl groups excluding tert-OH is 2. The summed E-state index contributed by atoms with van der Waals surface area (Å²) in [5.74, 6) is 0.775. The lowest BCUT2D eigenvalue weighted by atomic mass is 9.45. The van der Waals surface area contributed by atoms with Crippen LogP contribution in [-0.4, -0.2) is 28.2 Å². The van der Waals surface area contributed by atoms with Crippen molar-refractivity contribution in [2.75, 3.05) is 0 Å². The van der Waals surface area contributed by atoms with E-state index in [2.05, 4.69) is 20.8 Å². The van der Waals surface area contributed by atoms with Crippen molar-refractivity contribution >= 4 is 5.78 Å². The van der Waals surface area contributed by atoms with Gasteiger partial charge in [-0.15, -0.1) is 0 Å². The minimum absolute atomic E-state index is 0.106. The molecule has 0 saturated heterocycles. The molecule has 20 heavy (non-hydrogen) atoms. The number of carbonyl (C=O) groups is 1. The summed E-state index contributed by atoms with van der Waals surface area (Å²) >= 11 is 0. The van der Waals surface area contributed by atoms with E-state index in [0.29, 0.717) is 24.7 Å². The first-order valence-corrected chi connectivity index (χ1v) is 7.87. The lowest BCUT2D eigenvalue weighted by Gasteiger charge is -2.60. The Kier molecular flexibility index (Phi) is 3.15. The molecule has 5 atom stereocenters. The lowest BCUT2D eigenvalue weighted by Crippen LogP contribution is -2.57. The quantitative estimate of drug-likeness (QED) is 0.715. The molecule has 0 amide bonds. The van der Waals surface area contributed by atoms with Crippen LogP contribution in [0.25, 0.3) is 0 Å². The maximum absolute atomic E-state index is 11.7.